The number of carbonyl (C=O) groups is 1. The number of nitrogens with one attached hydrogen (secondary N) is 2. The van der Waals surface area contributed by atoms with Crippen LogP contribution in [0.2, 0.25) is 0 Å². The average Bonchev–Trinajstić information content (AvgIpc) is 2.79. The molecule has 1 aliphatic heterocycles. The number of nitrogens with zero attached hydrogens (tertiary/aromatic N) is 3. The van der Waals surface area contributed by atoms with Crippen LogP contribution in [0.15, 0.2) is 59.6 Å². The number of aliphatic imine (C=N–C) groups is 1. The lowest BCUT2D eigenvalue weighted by molar-refractivity contribution is -0.131. The number of guanidine groups is 1. The molecule has 2 aromatic rings. The molecule has 0 aliphatic carbocycles. The molecule has 1 saturated heterocycles. The maximum absolute atomic E-state index is 13.1. The Morgan fingerprint density at radius 1 is 1.07 bits per heavy atom. The first-order valence-corrected chi connectivity index (χ1v) is 10.4. The van der Waals surface area contributed by atoms with Crippen molar-refractivity contribution in [3.63, 3.8) is 0 Å². The number of amides is 1. The minimum absolute atomic E-state index is 0.118. The van der Waals surface area contributed by atoms with Gasteiger partial charge in [-0.25, -0.2) is 4.39 Å². The van der Waals surface area contributed by atoms with Gasteiger partial charge in [0.2, 0.25) is 5.91 Å². The Kier molecular flexibility index (Phi) is 7.65. The van der Waals surface area contributed by atoms with Gasteiger partial charge in [-0.3, -0.25) is 9.79 Å². The van der Waals surface area contributed by atoms with Crippen molar-refractivity contribution in [3.8, 4) is 0 Å². The molecule has 2 aromatic carbocycles. The second kappa shape index (κ2) is 10.6. The Bertz CT molecular complexity index is 832. The zero-order valence-electron chi connectivity index (χ0n) is 17.6. The molecule has 3 rings (SSSR count). The fourth-order valence-corrected chi connectivity index (χ4v) is 3.54. The van der Waals surface area contributed by atoms with Gasteiger partial charge in [-0.15, -0.1) is 0 Å². The van der Waals surface area contributed by atoms with E-state index in [4.69, 9.17) is 0 Å². The van der Waals surface area contributed by atoms with Crippen molar-refractivity contribution in [1.29, 1.82) is 0 Å². The van der Waals surface area contributed by atoms with Crippen molar-refractivity contribution in [2.45, 2.75) is 19.4 Å². The topological polar surface area (TPSA) is 60.0 Å². The lowest BCUT2D eigenvalue weighted by Gasteiger charge is -2.36. The molecule has 1 fully saturated rings. The quantitative estimate of drug-likeness (QED) is 0.567. The van der Waals surface area contributed by atoms with E-state index in [0.29, 0.717) is 32.0 Å². The predicted molar refractivity (Wildman–Crippen MR) is 119 cm³/mol. The molecule has 1 aliphatic rings. The molecule has 0 bridgehead atoms. The van der Waals surface area contributed by atoms with Crippen LogP contribution in [0.3, 0.4) is 0 Å². The number of carbonyl (C=O) groups excluding carboxylic acids is 1. The van der Waals surface area contributed by atoms with Gasteiger partial charge in [-0.05, 0) is 36.8 Å². The van der Waals surface area contributed by atoms with Gasteiger partial charge in [0, 0.05) is 51.9 Å². The second-order valence-corrected chi connectivity index (χ2v) is 7.37. The molecule has 1 amide bonds. The molecular weight excluding hydrogens is 381 g/mol. The fourth-order valence-electron chi connectivity index (χ4n) is 3.54. The van der Waals surface area contributed by atoms with E-state index in [9.17, 15) is 9.18 Å². The zero-order chi connectivity index (χ0) is 21.3. The van der Waals surface area contributed by atoms with E-state index in [2.05, 4.69) is 39.6 Å². The third kappa shape index (κ3) is 5.95. The van der Waals surface area contributed by atoms with E-state index in [1.54, 1.807) is 19.2 Å². The molecule has 2 N–H and O–H groups in total. The molecule has 0 radical (unpaired) electrons. The highest BCUT2D eigenvalue weighted by Gasteiger charge is 2.21. The number of hydrogen-bond donors (Lipinski definition) is 2. The highest BCUT2D eigenvalue weighted by molar-refractivity contribution is 5.81. The van der Waals surface area contributed by atoms with Gasteiger partial charge in [-0.1, -0.05) is 30.3 Å². The lowest BCUT2D eigenvalue weighted by Crippen LogP contribution is -2.49. The highest BCUT2D eigenvalue weighted by Crippen LogP contribution is 2.17. The van der Waals surface area contributed by atoms with E-state index in [1.807, 2.05) is 23.1 Å². The summed E-state index contributed by atoms with van der Waals surface area (Å²) in [7, 11) is 1.73. The third-order valence-corrected chi connectivity index (χ3v) is 5.33. The van der Waals surface area contributed by atoms with Crippen molar-refractivity contribution < 1.29 is 9.18 Å². The van der Waals surface area contributed by atoms with Gasteiger partial charge in [-0.2, -0.15) is 0 Å². The summed E-state index contributed by atoms with van der Waals surface area (Å²) in [6.07, 6.45) is 0.414. The highest BCUT2D eigenvalue weighted by atomic mass is 19.1. The molecule has 6 nitrogen and oxygen atoms in total. The molecule has 30 heavy (non-hydrogen) atoms. The normalized spacial score (nSPS) is 15.6. The minimum Gasteiger partial charge on any atom is -0.368 e. The summed E-state index contributed by atoms with van der Waals surface area (Å²) >= 11 is 0. The first-order valence-electron chi connectivity index (χ1n) is 10.4. The van der Waals surface area contributed by atoms with Crippen molar-refractivity contribution in [2.24, 2.45) is 4.99 Å². The lowest BCUT2D eigenvalue weighted by atomic mass is 10.1. The Morgan fingerprint density at radius 2 is 1.73 bits per heavy atom. The monoisotopic (exact) mass is 411 g/mol. The largest absolute Gasteiger partial charge is 0.368 e. The van der Waals surface area contributed by atoms with Crippen molar-refractivity contribution in [1.82, 2.24) is 15.5 Å². The van der Waals surface area contributed by atoms with Crippen molar-refractivity contribution in [2.75, 3.05) is 44.7 Å². The summed E-state index contributed by atoms with van der Waals surface area (Å²) in [4.78, 5) is 20.9. The number of piperazine rings is 1. The van der Waals surface area contributed by atoms with Crippen LogP contribution in [0.5, 0.6) is 0 Å². The van der Waals surface area contributed by atoms with E-state index in [1.165, 1.54) is 17.7 Å². The van der Waals surface area contributed by atoms with Crippen molar-refractivity contribution >= 4 is 17.6 Å². The fraction of sp³-hybridized carbons (Fsp3) is 0.391. The molecule has 0 spiro atoms. The molecule has 1 atom stereocenters. The standard InChI is InChI=1S/C23H30FN5O/c1-18(19-6-4-3-5-7-19)27-23(25-2)26-13-12-22(30)29-16-14-28(15-17-29)21-10-8-20(24)9-11-21/h3-11,18H,12-17H2,1-2H3,(H2,25,26,27). The molecule has 7 heteroatoms. The molecule has 1 unspecified atom stereocenters. The van der Waals surface area contributed by atoms with Gasteiger partial charge in [0.25, 0.3) is 0 Å². The first kappa shape index (κ1) is 21.6. The smallest absolute Gasteiger partial charge is 0.224 e. The summed E-state index contributed by atoms with van der Waals surface area (Å²) in [5.41, 5.74) is 2.17. The Hall–Kier alpha value is -3.09. The van der Waals surface area contributed by atoms with Crippen LogP contribution < -0.4 is 15.5 Å². The van der Waals surface area contributed by atoms with Crippen LogP contribution in [0, 0.1) is 5.82 Å². The summed E-state index contributed by atoms with van der Waals surface area (Å²) in [5, 5.41) is 6.57. The predicted octanol–water partition coefficient (Wildman–Crippen LogP) is 2.79. The number of anilines is 1. The average molecular weight is 412 g/mol. The molecule has 1 heterocycles. The number of benzene rings is 2. The van der Waals surface area contributed by atoms with Gasteiger partial charge in [0.15, 0.2) is 5.96 Å². The molecule has 0 saturated carbocycles. The first-order chi connectivity index (χ1) is 14.6. The van der Waals surface area contributed by atoms with Crippen LogP contribution in [0.1, 0.15) is 24.9 Å². The van der Waals surface area contributed by atoms with Gasteiger partial charge < -0.3 is 20.4 Å². The van der Waals surface area contributed by atoms with Crippen LogP contribution in [-0.2, 0) is 4.79 Å². The number of rotatable bonds is 6. The third-order valence-electron chi connectivity index (χ3n) is 5.33. The summed E-state index contributed by atoms with van der Waals surface area (Å²) in [6.45, 7) is 5.46. The van der Waals surface area contributed by atoms with E-state index >= 15 is 0 Å². The molecule has 0 aromatic heterocycles. The Labute approximate surface area is 177 Å². The zero-order valence-corrected chi connectivity index (χ0v) is 17.6. The van der Waals surface area contributed by atoms with Crippen LogP contribution in [0.4, 0.5) is 10.1 Å². The van der Waals surface area contributed by atoms with E-state index in [0.717, 1.165) is 18.8 Å². The SMILES string of the molecule is CN=C(NCCC(=O)N1CCN(c2ccc(F)cc2)CC1)NC(C)c1ccccc1. The summed E-state index contributed by atoms with van der Waals surface area (Å²) < 4.78 is 13.1. The molecular formula is C23H30FN5O. The Balaban J connectivity index is 1.39. The van der Waals surface area contributed by atoms with E-state index in [-0.39, 0.29) is 17.8 Å². The number of hydrogen-bond acceptors (Lipinski definition) is 3. The van der Waals surface area contributed by atoms with Crippen LogP contribution >= 0.6 is 0 Å². The van der Waals surface area contributed by atoms with Gasteiger partial charge in [0.1, 0.15) is 5.82 Å². The molecule has 160 valence electrons. The second-order valence-electron chi connectivity index (χ2n) is 7.37. The maximum atomic E-state index is 13.1. The Morgan fingerprint density at radius 3 is 2.37 bits per heavy atom. The summed E-state index contributed by atoms with van der Waals surface area (Å²) in [5.74, 6) is 0.579. The van der Waals surface area contributed by atoms with Gasteiger partial charge >= 0.3 is 0 Å². The summed E-state index contributed by atoms with van der Waals surface area (Å²) in [6, 6.07) is 16.8. The van der Waals surface area contributed by atoms with Crippen LogP contribution in [-0.4, -0.2) is 56.5 Å². The van der Waals surface area contributed by atoms with E-state index < -0.39 is 0 Å². The minimum atomic E-state index is -0.234. The maximum Gasteiger partial charge on any atom is 0.224 e. The number of halogens is 1. The van der Waals surface area contributed by atoms with Crippen molar-refractivity contribution in [3.05, 3.63) is 66.0 Å². The van der Waals surface area contributed by atoms with Crippen LogP contribution in [0.25, 0.3) is 0 Å². The van der Waals surface area contributed by atoms with Gasteiger partial charge in [0.05, 0.1) is 6.04 Å².